The van der Waals surface area contributed by atoms with Gasteiger partial charge in [0.15, 0.2) is 0 Å². The molecule has 8 heteroatoms. The molecule has 2 aromatic carbocycles. The van der Waals surface area contributed by atoms with Gasteiger partial charge < -0.3 is 30.6 Å². The Balaban J connectivity index is 2.34. The van der Waals surface area contributed by atoms with Crippen molar-refractivity contribution in [3.63, 3.8) is 0 Å². The second kappa shape index (κ2) is 13.1. The van der Waals surface area contributed by atoms with Crippen molar-refractivity contribution in [1.29, 1.82) is 10.8 Å². The lowest BCUT2D eigenvalue weighted by Crippen LogP contribution is -2.24. The van der Waals surface area contributed by atoms with Crippen LogP contribution in [0, 0.1) is 16.6 Å². The molecule has 0 aliphatic heterocycles. The summed E-state index contributed by atoms with van der Waals surface area (Å²) in [5.74, 6) is -0.616. The molecule has 0 saturated heterocycles. The largest absolute Gasteiger partial charge is 0.481 e. The molecule has 0 amide bonds. The van der Waals surface area contributed by atoms with Gasteiger partial charge in [0, 0.05) is 41.9 Å². The van der Waals surface area contributed by atoms with Crippen molar-refractivity contribution >= 4 is 17.8 Å². The number of benzene rings is 2. The highest BCUT2D eigenvalue weighted by atomic mass is 19.1. The number of nitrogens with one attached hydrogen (secondary N) is 4. The molecule has 0 radical (unpaired) electrons. The Labute approximate surface area is 194 Å². The van der Waals surface area contributed by atoms with Crippen LogP contribution >= 0.6 is 0 Å². The predicted molar refractivity (Wildman–Crippen MR) is 129 cm³/mol. The summed E-state index contributed by atoms with van der Waals surface area (Å²) in [6.45, 7) is 4.67. The highest BCUT2D eigenvalue weighted by Gasteiger charge is 2.20. The lowest BCUT2D eigenvalue weighted by Gasteiger charge is -2.23. The van der Waals surface area contributed by atoms with E-state index in [0.717, 1.165) is 11.8 Å². The van der Waals surface area contributed by atoms with Crippen LogP contribution in [0.4, 0.5) is 10.1 Å². The summed E-state index contributed by atoms with van der Waals surface area (Å²) >= 11 is 0. The zero-order chi connectivity index (χ0) is 24.2. The average Bonchev–Trinajstić information content (AvgIpc) is 2.83. The zero-order valence-electron chi connectivity index (χ0n) is 19.1. The monoisotopic (exact) mass is 454 g/mol. The second-order valence-corrected chi connectivity index (χ2v) is 7.21. The maximum Gasteiger partial charge on any atom is 0.207 e. The van der Waals surface area contributed by atoms with E-state index in [-0.39, 0.29) is 17.2 Å². The van der Waals surface area contributed by atoms with Crippen LogP contribution in [0.2, 0.25) is 0 Å². The third kappa shape index (κ3) is 7.85. The molecule has 5 N–H and O–H groups in total. The molecule has 2 rings (SSSR count). The molecule has 0 aliphatic rings. The quantitative estimate of drug-likeness (QED) is 0.239. The van der Waals surface area contributed by atoms with E-state index >= 15 is 0 Å². The Hall–Kier alpha value is -3.49. The first-order valence-electron chi connectivity index (χ1n) is 10.6. The van der Waals surface area contributed by atoms with Gasteiger partial charge in [0.25, 0.3) is 0 Å². The van der Waals surface area contributed by atoms with Crippen molar-refractivity contribution in [3.05, 3.63) is 89.0 Å². The molecule has 0 aliphatic carbocycles. The van der Waals surface area contributed by atoms with Crippen molar-refractivity contribution in [2.45, 2.75) is 32.7 Å². The van der Waals surface area contributed by atoms with Crippen LogP contribution in [0.25, 0.3) is 0 Å². The van der Waals surface area contributed by atoms with Crippen LogP contribution in [-0.4, -0.2) is 37.0 Å². The van der Waals surface area contributed by atoms with Gasteiger partial charge in [-0.1, -0.05) is 30.3 Å². The predicted octanol–water partition coefficient (Wildman–Crippen LogP) is 4.53. The lowest BCUT2D eigenvalue weighted by atomic mass is 10.0. The van der Waals surface area contributed by atoms with E-state index in [2.05, 4.69) is 10.6 Å². The highest BCUT2D eigenvalue weighted by molar-refractivity contribution is 5.87. The number of methoxy groups -OCH3 is 1. The van der Waals surface area contributed by atoms with Crippen molar-refractivity contribution in [2.24, 2.45) is 0 Å². The first-order valence-corrected chi connectivity index (χ1v) is 10.6. The Morgan fingerprint density at radius 1 is 1.21 bits per heavy atom. The molecular formula is C25H31FN4O3. The van der Waals surface area contributed by atoms with Crippen LogP contribution < -0.4 is 10.6 Å². The molecule has 0 fully saturated rings. The molecule has 33 heavy (non-hydrogen) atoms. The minimum absolute atomic E-state index is 0.192. The van der Waals surface area contributed by atoms with Gasteiger partial charge in [-0.05, 0) is 37.6 Å². The molecule has 0 saturated carbocycles. The van der Waals surface area contributed by atoms with Crippen molar-refractivity contribution < 1.29 is 19.0 Å². The maximum atomic E-state index is 14.1. The third-order valence-electron chi connectivity index (χ3n) is 4.83. The SMILES string of the molecule is CCN/C=C(\C=N)C(O)/C(=C/C(=N)OC)Nc1ccc(F)cc1[C@@H](C)OCc1ccccc1. The van der Waals surface area contributed by atoms with E-state index in [1.807, 2.05) is 44.2 Å². The van der Waals surface area contributed by atoms with E-state index in [1.165, 1.54) is 31.5 Å². The van der Waals surface area contributed by atoms with Crippen LogP contribution in [0.3, 0.4) is 0 Å². The molecule has 1 unspecified atom stereocenters. The first-order chi connectivity index (χ1) is 15.9. The number of rotatable bonds is 12. The summed E-state index contributed by atoms with van der Waals surface area (Å²) < 4.78 is 25.0. The smallest absolute Gasteiger partial charge is 0.207 e. The number of hydrogen-bond donors (Lipinski definition) is 5. The summed E-state index contributed by atoms with van der Waals surface area (Å²) in [7, 11) is 1.34. The topological polar surface area (TPSA) is 110 Å². The zero-order valence-corrected chi connectivity index (χ0v) is 19.1. The fourth-order valence-corrected chi connectivity index (χ4v) is 3.01. The summed E-state index contributed by atoms with van der Waals surface area (Å²) in [6.07, 6.45) is 2.15. The third-order valence-corrected chi connectivity index (χ3v) is 4.83. The van der Waals surface area contributed by atoms with E-state index in [9.17, 15) is 9.50 Å². The maximum absolute atomic E-state index is 14.1. The molecule has 0 bridgehead atoms. The Kier molecular flexibility index (Phi) is 10.3. The van der Waals surface area contributed by atoms with Gasteiger partial charge in [-0.15, -0.1) is 0 Å². The normalized spacial score (nSPS) is 13.7. The summed E-state index contributed by atoms with van der Waals surface area (Å²) in [4.78, 5) is 0. The van der Waals surface area contributed by atoms with Crippen molar-refractivity contribution in [1.82, 2.24) is 5.32 Å². The van der Waals surface area contributed by atoms with Crippen molar-refractivity contribution in [3.8, 4) is 0 Å². The van der Waals surface area contributed by atoms with Gasteiger partial charge in [0.05, 0.1) is 25.5 Å². The molecule has 0 aromatic heterocycles. The lowest BCUT2D eigenvalue weighted by molar-refractivity contribution is 0.0528. The molecule has 7 nitrogen and oxygen atoms in total. The average molecular weight is 455 g/mol. The fourth-order valence-electron chi connectivity index (χ4n) is 3.01. The number of ether oxygens (including phenoxy) is 2. The Morgan fingerprint density at radius 3 is 2.58 bits per heavy atom. The van der Waals surface area contributed by atoms with Crippen LogP contribution in [0.15, 0.2) is 72.1 Å². The van der Waals surface area contributed by atoms with E-state index < -0.39 is 18.0 Å². The number of hydrogen-bond acceptors (Lipinski definition) is 7. The minimum atomic E-state index is -1.25. The van der Waals surface area contributed by atoms with Gasteiger partial charge in [-0.3, -0.25) is 5.41 Å². The fraction of sp³-hybridized carbons (Fsp3) is 0.280. The Bertz CT molecular complexity index is 992. The summed E-state index contributed by atoms with van der Waals surface area (Å²) in [6, 6.07) is 13.9. The molecule has 2 atom stereocenters. The second-order valence-electron chi connectivity index (χ2n) is 7.21. The van der Waals surface area contributed by atoms with Crippen LogP contribution in [0.5, 0.6) is 0 Å². The number of aliphatic hydroxyl groups is 1. The standard InChI is InChI=1S/C25H31FN4O3/c1-4-29-15-19(14-27)25(31)23(13-24(28)32-3)30-22-11-10-20(26)12-21(22)17(2)33-16-18-8-6-5-7-9-18/h5-15,17,25,27-31H,4,16H2,1-3H3/b19-15+,23-13-,27-14?,28-24?/t17-,25?/m1/s1. The van der Waals surface area contributed by atoms with Gasteiger partial charge in [-0.2, -0.15) is 0 Å². The Morgan fingerprint density at radius 2 is 1.94 bits per heavy atom. The molecule has 0 heterocycles. The molecule has 2 aromatic rings. The molecule has 0 spiro atoms. The van der Waals surface area contributed by atoms with E-state index in [1.54, 1.807) is 6.07 Å². The van der Waals surface area contributed by atoms with E-state index in [0.29, 0.717) is 24.4 Å². The number of aliphatic hydroxyl groups excluding tert-OH is 1. The minimum Gasteiger partial charge on any atom is -0.481 e. The number of anilines is 1. The van der Waals surface area contributed by atoms with Gasteiger partial charge in [-0.25, -0.2) is 4.39 Å². The summed E-state index contributed by atoms with van der Waals surface area (Å²) in [5, 5.41) is 32.4. The molecular weight excluding hydrogens is 423 g/mol. The summed E-state index contributed by atoms with van der Waals surface area (Å²) in [5.41, 5.74) is 2.50. The first kappa shape index (κ1) is 25.8. The van der Waals surface area contributed by atoms with Crippen LogP contribution in [0.1, 0.15) is 31.1 Å². The van der Waals surface area contributed by atoms with Crippen molar-refractivity contribution in [2.75, 3.05) is 19.0 Å². The highest BCUT2D eigenvalue weighted by Crippen LogP contribution is 2.29. The van der Waals surface area contributed by atoms with E-state index in [4.69, 9.17) is 20.3 Å². The van der Waals surface area contributed by atoms with Crippen LogP contribution in [-0.2, 0) is 16.1 Å². The van der Waals surface area contributed by atoms with Gasteiger partial charge in [0.2, 0.25) is 5.90 Å². The number of halogens is 1. The van der Waals surface area contributed by atoms with Gasteiger partial charge in [0.1, 0.15) is 11.9 Å². The molecule has 176 valence electrons. The van der Waals surface area contributed by atoms with Gasteiger partial charge >= 0.3 is 0 Å².